The van der Waals surface area contributed by atoms with Crippen LogP contribution in [0.4, 0.5) is 5.82 Å². The van der Waals surface area contributed by atoms with Crippen LogP contribution in [0.1, 0.15) is 10.7 Å². The molecule has 2 heterocycles. The molecule has 3 aromatic rings. The number of aromatic nitrogens is 2. The molecular weight excluding hydrogens is 348 g/mol. The Morgan fingerprint density at radius 2 is 2.14 bits per heavy atom. The molecular formula is C15H9BrN4S. The van der Waals surface area contributed by atoms with Crippen LogP contribution in [0.5, 0.6) is 0 Å². The summed E-state index contributed by atoms with van der Waals surface area (Å²) < 4.78 is 0.981. The van der Waals surface area contributed by atoms with Gasteiger partial charge in [0.25, 0.3) is 0 Å². The van der Waals surface area contributed by atoms with Crippen molar-refractivity contribution in [3.05, 3.63) is 50.9 Å². The smallest absolute Gasteiger partial charge is 0.172 e. The van der Waals surface area contributed by atoms with Gasteiger partial charge in [-0.05, 0) is 40.2 Å². The van der Waals surface area contributed by atoms with E-state index in [0.717, 1.165) is 20.3 Å². The Balaban J connectivity index is 2.14. The van der Waals surface area contributed by atoms with Crippen LogP contribution in [0.2, 0.25) is 0 Å². The lowest BCUT2D eigenvalue weighted by Crippen LogP contribution is -2.00. The van der Waals surface area contributed by atoms with Crippen molar-refractivity contribution in [1.29, 1.82) is 5.26 Å². The third-order valence-electron chi connectivity index (χ3n) is 2.87. The maximum atomic E-state index is 9.36. The fourth-order valence-electron chi connectivity index (χ4n) is 1.91. The molecule has 2 aromatic heterocycles. The molecule has 0 fully saturated rings. The first-order chi connectivity index (χ1) is 10.2. The molecule has 0 aliphatic rings. The van der Waals surface area contributed by atoms with Crippen molar-refractivity contribution < 1.29 is 0 Å². The highest BCUT2D eigenvalue weighted by molar-refractivity contribution is 9.10. The lowest BCUT2D eigenvalue weighted by atomic mass is 10.2. The number of fused-ring (bicyclic) bond motifs is 1. The number of nitriles is 1. The average Bonchev–Trinajstić information content (AvgIpc) is 2.90. The molecule has 0 atom stereocenters. The second kappa shape index (κ2) is 5.64. The van der Waals surface area contributed by atoms with Crippen LogP contribution in [0, 0.1) is 11.3 Å². The zero-order valence-corrected chi connectivity index (χ0v) is 13.1. The van der Waals surface area contributed by atoms with E-state index in [2.05, 4.69) is 32.0 Å². The number of anilines is 1. The third-order valence-corrected chi connectivity index (χ3v) is 4.51. The first-order valence-corrected chi connectivity index (χ1v) is 7.73. The number of para-hydroxylation sites is 1. The standard InChI is InChI=1S/C15H9BrN4S/c16-10-6-11(21-8-10)5-9(7-17)15-19-13-4-2-1-3-12(13)14(18)20-15/h1-6,8H,(H2,18,19,20)/b9-5+. The number of thiophene rings is 1. The zero-order chi connectivity index (χ0) is 14.8. The van der Waals surface area contributed by atoms with Crippen LogP contribution in [0.3, 0.4) is 0 Å². The average molecular weight is 357 g/mol. The van der Waals surface area contributed by atoms with Crippen LogP contribution in [0.25, 0.3) is 22.6 Å². The Morgan fingerprint density at radius 1 is 1.33 bits per heavy atom. The van der Waals surface area contributed by atoms with Gasteiger partial charge in [-0.3, -0.25) is 0 Å². The molecule has 6 heteroatoms. The number of hydrogen-bond donors (Lipinski definition) is 1. The molecule has 0 aliphatic carbocycles. The highest BCUT2D eigenvalue weighted by Crippen LogP contribution is 2.25. The lowest BCUT2D eigenvalue weighted by Gasteiger charge is -2.04. The molecule has 0 unspecified atom stereocenters. The second-order valence-corrected chi connectivity index (χ2v) is 6.15. The van der Waals surface area contributed by atoms with E-state index in [1.54, 1.807) is 6.08 Å². The Kier molecular flexibility index (Phi) is 3.69. The van der Waals surface area contributed by atoms with Crippen LogP contribution < -0.4 is 5.73 Å². The number of nitrogens with zero attached hydrogens (tertiary/aromatic N) is 3. The van der Waals surface area contributed by atoms with E-state index in [-0.39, 0.29) is 0 Å². The third kappa shape index (κ3) is 2.79. The number of benzene rings is 1. The molecule has 0 radical (unpaired) electrons. The number of halogens is 1. The SMILES string of the molecule is N#C/C(=C\c1cc(Br)cs1)c1nc(N)c2ccccc2n1. The summed E-state index contributed by atoms with van der Waals surface area (Å²) >= 11 is 4.93. The van der Waals surface area contributed by atoms with Gasteiger partial charge in [-0.25, -0.2) is 9.97 Å². The van der Waals surface area contributed by atoms with E-state index in [0.29, 0.717) is 17.2 Å². The molecule has 0 saturated carbocycles. The summed E-state index contributed by atoms with van der Waals surface area (Å²) in [7, 11) is 0. The number of nitrogens with two attached hydrogens (primary N) is 1. The zero-order valence-electron chi connectivity index (χ0n) is 10.7. The quantitative estimate of drug-likeness (QED) is 0.701. The second-order valence-electron chi connectivity index (χ2n) is 4.29. The van der Waals surface area contributed by atoms with Gasteiger partial charge in [0.05, 0.1) is 11.1 Å². The molecule has 4 nitrogen and oxygen atoms in total. The van der Waals surface area contributed by atoms with Gasteiger partial charge in [0.1, 0.15) is 11.9 Å². The normalized spacial score (nSPS) is 11.5. The van der Waals surface area contributed by atoms with Crippen LogP contribution >= 0.6 is 27.3 Å². The van der Waals surface area contributed by atoms with Gasteiger partial charge in [-0.2, -0.15) is 5.26 Å². The lowest BCUT2D eigenvalue weighted by molar-refractivity contribution is 1.18. The number of hydrogen-bond acceptors (Lipinski definition) is 5. The minimum absolute atomic E-state index is 0.346. The summed E-state index contributed by atoms with van der Waals surface area (Å²) in [5, 5.41) is 12.1. The minimum Gasteiger partial charge on any atom is -0.383 e. The van der Waals surface area contributed by atoms with Gasteiger partial charge >= 0.3 is 0 Å². The van der Waals surface area contributed by atoms with Crippen molar-refractivity contribution >= 4 is 55.6 Å². The first-order valence-electron chi connectivity index (χ1n) is 6.06. The summed E-state index contributed by atoms with van der Waals surface area (Å²) in [6.45, 7) is 0. The molecule has 3 rings (SSSR count). The molecule has 1 aromatic carbocycles. The highest BCUT2D eigenvalue weighted by Gasteiger charge is 2.09. The van der Waals surface area contributed by atoms with Crippen molar-refractivity contribution in [2.45, 2.75) is 0 Å². The fraction of sp³-hybridized carbons (Fsp3) is 0. The molecule has 102 valence electrons. The molecule has 0 bridgehead atoms. The number of allylic oxidation sites excluding steroid dienone is 1. The van der Waals surface area contributed by atoms with Crippen LogP contribution in [-0.2, 0) is 0 Å². The van der Waals surface area contributed by atoms with Crippen molar-refractivity contribution in [1.82, 2.24) is 9.97 Å². The summed E-state index contributed by atoms with van der Waals surface area (Å²) in [6.07, 6.45) is 1.76. The van der Waals surface area contributed by atoms with Gasteiger partial charge in [0, 0.05) is 20.1 Å². The largest absolute Gasteiger partial charge is 0.383 e. The first kappa shape index (κ1) is 13.7. The Labute approximate surface area is 133 Å². The van der Waals surface area contributed by atoms with E-state index in [1.807, 2.05) is 35.7 Å². The van der Waals surface area contributed by atoms with E-state index in [4.69, 9.17) is 5.73 Å². The summed E-state index contributed by atoms with van der Waals surface area (Å²) in [4.78, 5) is 9.62. The van der Waals surface area contributed by atoms with Crippen LogP contribution in [0.15, 0.2) is 40.2 Å². The summed E-state index contributed by atoms with van der Waals surface area (Å²) in [5.41, 5.74) is 7.08. The Bertz CT molecular complexity index is 892. The maximum absolute atomic E-state index is 9.36. The van der Waals surface area contributed by atoms with Crippen molar-refractivity contribution in [2.24, 2.45) is 0 Å². The van der Waals surface area contributed by atoms with Gasteiger partial charge in [0.2, 0.25) is 0 Å². The van der Waals surface area contributed by atoms with E-state index >= 15 is 0 Å². The fourth-order valence-corrected chi connectivity index (χ4v) is 3.29. The summed E-state index contributed by atoms with van der Waals surface area (Å²) in [6, 6.07) is 11.6. The Morgan fingerprint density at radius 3 is 2.86 bits per heavy atom. The minimum atomic E-state index is 0.346. The van der Waals surface area contributed by atoms with Gasteiger partial charge in [0.15, 0.2) is 5.82 Å². The van der Waals surface area contributed by atoms with Gasteiger partial charge in [-0.15, -0.1) is 11.3 Å². The van der Waals surface area contributed by atoms with E-state index < -0.39 is 0 Å². The molecule has 0 saturated heterocycles. The van der Waals surface area contributed by atoms with Crippen LogP contribution in [-0.4, -0.2) is 9.97 Å². The molecule has 0 aliphatic heterocycles. The number of nitrogen functional groups attached to an aromatic ring is 1. The van der Waals surface area contributed by atoms with Crippen molar-refractivity contribution in [3.8, 4) is 6.07 Å². The Hall–Kier alpha value is -2.23. The molecule has 0 spiro atoms. The predicted molar refractivity (Wildman–Crippen MR) is 89.5 cm³/mol. The van der Waals surface area contributed by atoms with Crippen molar-refractivity contribution in [2.75, 3.05) is 5.73 Å². The predicted octanol–water partition coefficient (Wildman–Crippen LogP) is 4.10. The molecule has 0 amide bonds. The molecule has 21 heavy (non-hydrogen) atoms. The van der Waals surface area contributed by atoms with E-state index in [9.17, 15) is 5.26 Å². The summed E-state index contributed by atoms with van der Waals surface area (Å²) in [5.74, 6) is 0.724. The molecule has 2 N–H and O–H groups in total. The topological polar surface area (TPSA) is 75.6 Å². The van der Waals surface area contributed by atoms with E-state index in [1.165, 1.54) is 11.3 Å². The van der Waals surface area contributed by atoms with Gasteiger partial charge < -0.3 is 5.73 Å². The van der Waals surface area contributed by atoms with Gasteiger partial charge in [-0.1, -0.05) is 12.1 Å². The number of rotatable bonds is 2. The van der Waals surface area contributed by atoms with Crippen molar-refractivity contribution in [3.63, 3.8) is 0 Å². The highest BCUT2D eigenvalue weighted by atomic mass is 79.9. The monoisotopic (exact) mass is 356 g/mol. The maximum Gasteiger partial charge on any atom is 0.172 e.